The van der Waals surface area contributed by atoms with Gasteiger partial charge in [-0.25, -0.2) is 4.98 Å². The summed E-state index contributed by atoms with van der Waals surface area (Å²) in [6.45, 7) is 8.31. The van der Waals surface area contributed by atoms with Crippen LogP contribution in [-0.4, -0.2) is 42.5 Å². The van der Waals surface area contributed by atoms with Crippen LogP contribution in [0.4, 0.5) is 0 Å². The Kier molecular flexibility index (Phi) is 5.30. The molecule has 8 heteroatoms. The van der Waals surface area contributed by atoms with Gasteiger partial charge in [-0.3, -0.25) is 4.98 Å². The SMILES string of the molecule is COc1ccc(COc2ncc(B3OC(C)(C)C(C)(C)O3)cc2OC)nc1. The third-order valence-electron chi connectivity index (χ3n) is 4.97. The first-order valence-electron chi connectivity index (χ1n) is 8.77. The van der Waals surface area contributed by atoms with Crippen LogP contribution in [-0.2, 0) is 15.9 Å². The predicted molar refractivity (Wildman–Crippen MR) is 102 cm³/mol. The molecule has 0 radical (unpaired) electrons. The smallest absolute Gasteiger partial charge is 0.495 e. The number of rotatable bonds is 6. The zero-order valence-corrected chi connectivity index (χ0v) is 16.6. The normalized spacial score (nSPS) is 17.6. The molecule has 0 spiro atoms. The summed E-state index contributed by atoms with van der Waals surface area (Å²) in [7, 11) is 2.67. The van der Waals surface area contributed by atoms with Gasteiger partial charge in [0.05, 0.1) is 37.3 Å². The zero-order chi connectivity index (χ0) is 19.7. The number of hydrogen-bond donors (Lipinski definition) is 0. The highest BCUT2D eigenvalue weighted by molar-refractivity contribution is 6.62. The maximum Gasteiger partial charge on any atom is 0.496 e. The molecule has 2 aromatic heterocycles. The molecule has 0 aliphatic carbocycles. The van der Waals surface area contributed by atoms with E-state index in [1.165, 1.54) is 0 Å². The molecule has 2 aromatic rings. The molecule has 0 N–H and O–H groups in total. The van der Waals surface area contributed by atoms with Gasteiger partial charge < -0.3 is 23.5 Å². The molecule has 3 heterocycles. The van der Waals surface area contributed by atoms with Crippen molar-refractivity contribution in [2.75, 3.05) is 14.2 Å². The molecule has 7 nitrogen and oxygen atoms in total. The quantitative estimate of drug-likeness (QED) is 0.721. The van der Waals surface area contributed by atoms with Crippen LogP contribution in [0.2, 0.25) is 0 Å². The molecule has 27 heavy (non-hydrogen) atoms. The van der Waals surface area contributed by atoms with Crippen molar-refractivity contribution < 1.29 is 23.5 Å². The van der Waals surface area contributed by atoms with E-state index >= 15 is 0 Å². The van der Waals surface area contributed by atoms with Crippen LogP contribution in [0.1, 0.15) is 33.4 Å². The van der Waals surface area contributed by atoms with Gasteiger partial charge >= 0.3 is 7.12 Å². The number of nitrogens with zero attached hydrogens (tertiary/aromatic N) is 2. The summed E-state index contributed by atoms with van der Waals surface area (Å²) in [4.78, 5) is 8.65. The van der Waals surface area contributed by atoms with Gasteiger partial charge in [-0.05, 0) is 45.9 Å². The summed E-state index contributed by atoms with van der Waals surface area (Å²) < 4.78 is 28.4. The van der Waals surface area contributed by atoms with Crippen molar-refractivity contribution in [1.29, 1.82) is 0 Å². The second-order valence-corrected chi connectivity index (χ2v) is 7.34. The molecule has 144 valence electrons. The monoisotopic (exact) mass is 372 g/mol. The Balaban J connectivity index is 1.73. The third kappa shape index (κ3) is 4.01. The Morgan fingerprint density at radius 3 is 2.22 bits per heavy atom. The van der Waals surface area contributed by atoms with E-state index in [9.17, 15) is 0 Å². The van der Waals surface area contributed by atoms with Crippen LogP contribution in [0.15, 0.2) is 30.6 Å². The third-order valence-corrected chi connectivity index (χ3v) is 4.97. The van der Waals surface area contributed by atoms with E-state index in [2.05, 4.69) is 9.97 Å². The van der Waals surface area contributed by atoms with Gasteiger partial charge in [0, 0.05) is 11.7 Å². The molecule has 0 aromatic carbocycles. The van der Waals surface area contributed by atoms with Gasteiger partial charge in [0.15, 0.2) is 5.75 Å². The van der Waals surface area contributed by atoms with E-state index in [0.717, 1.165) is 11.2 Å². The second kappa shape index (κ2) is 7.36. The lowest BCUT2D eigenvalue weighted by Gasteiger charge is -2.32. The predicted octanol–water partition coefficient (Wildman–Crippen LogP) is 2.37. The van der Waals surface area contributed by atoms with Crippen LogP contribution in [0, 0.1) is 0 Å². The van der Waals surface area contributed by atoms with E-state index in [0.29, 0.717) is 17.4 Å². The van der Waals surface area contributed by atoms with E-state index in [1.807, 2.05) is 45.9 Å². The fourth-order valence-corrected chi connectivity index (χ4v) is 2.57. The maximum atomic E-state index is 6.06. The van der Waals surface area contributed by atoms with E-state index in [1.54, 1.807) is 26.6 Å². The summed E-state index contributed by atoms with van der Waals surface area (Å²) in [6, 6.07) is 5.49. The number of hydrogen-bond acceptors (Lipinski definition) is 7. The molecule has 1 saturated heterocycles. The van der Waals surface area contributed by atoms with Crippen LogP contribution in [0.3, 0.4) is 0 Å². The van der Waals surface area contributed by atoms with Crippen molar-refractivity contribution in [2.45, 2.75) is 45.5 Å². The Morgan fingerprint density at radius 1 is 0.963 bits per heavy atom. The number of ether oxygens (including phenoxy) is 3. The summed E-state index contributed by atoms with van der Waals surface area (Å²) >= 11 is 0. The molecule has 1 aliphatic heterocycles. The lowest BCUT2D eigenvalue weighted by atomic mass is 9.80. The van der Waals surface area contributed by atoms with Crippen LogP contribution in [0.5, 0.6) is 17.4 Å². The number of methoxy groups -OCH3 is 2. The van der Waals surface area contributed by atoms with Gasteiger partial charge in [-0.2, -0.15) is 0 Å². The summed E-state index contributed by atoms with van der Waals surface area (Å²) in [5.41, 5.74) is 0.704. The van der Waals surface area contributed by atoms with Crippen molar-refractivity contribution >= 4 is 12.6 Å². The van der Waals surface area contributed by atoms with Crippen molar-refractivity contribution in [2.24, 2.45) is 0 Å². The summed E-state index contributed by atoms with van der Waals surface area (Å²) in [5.74, 6) is 1.59. The molecule has 3 rings (SSSR count). The Labute approximate surface area is 160 Å². The fourth-order valence-electron chi connectivity index (χ4n) is 2.57. The topological polar surface area (TPSA) is 71.9 Å². The Bertz CT molecular complexity index is 779. The minimum absolute atomic E-state index is 0.267. The van der Waals surface area contributed by atoms with Gasteiger partial charge in [0.1, 0.15) is 12.4 Å². The first-order chi connectivity index (χ1) is 12.8. The molecular formula is C19H25BN2O5. The molecule has 1 fully saturated rings. The zero-order valence-electron chi connectivity index (χ0n) is 16.6. The average Bonchev–Trinajstić information content (AvgIpc) is 2.87. The van der Waals surface area contributed by atoms with Crippen molar-refractivity contribution in [1.82, 2.24) is 9.97 Å². The van der Waals surface area contributed by atoms with Gasteiger partial charge in [-0.1, -0.05) is 0 Å². The molecular weight excluding hydrogens is 347 g/mol. The second-order valence-electron chi connectivity index (χ2n) is 7.34. The Hall–Kier alpha value is -2.32. The standard InChI is InChI=1S/C19H25BN2O5/c1-18(2)19(3,4)27-20(26-18)13-9-16(24-6)17(22-10-13)25-12-14-7-8-15(23-5)11-21-14/h7-11H,12H2,1-6H3. The Morgan fingerprint density at radius 2 is 1.67 bits per heavy atom. The summed E-state index contributed by atoms with van der Waals surface area (Å²) in [6.07, 6.45) is 3.33. The van der Waals surface area contributed by atoms with E-state index < -0.39 is 18.3 Å². The fraction of sp³-hybridized carbons (Fsp3) is 0.474. The number of aromatic nitrogens is 2. The number of pyridine rings is 2. The van der Waals surface area contributed by atoms with E-state index in [-0.39, 0.29) is 6.61 Å². The van der Waals surface area contributed by atoms with E-state index in [4.69, 9.17) is 23.5 Å². The maximum absolute atomic E-state index is 6.06. The van der Waals surface area contributed by atoms with Crippen molar-refractivity contribution in [3.05, 3.63) is 36.3 Å². The minimum atomic E-state index is -0.506. The molecule has 1 aliphatic rings. The van der Waals surface area contributed by atoms with Gasteiger partial charge in [0.25, 0.3) is 5.88 Å². The van der Waals surface area contributed by atoms with Crippen LogP contribution < -0.4 is 19.7 Å². The molecule has 0 unspecified atom stereocenters. The molecule has 0 bridgehead atoms. The highest BCUT2D eigenvalue weighted by Crippen LogP contribution is 2.37. The van der Waals surface area contributed by atoms with Gasteiger partial charge in [0.2, 0.25) is 0 Å². The van der Waals surface area contributed by atoms with Crippen molar-refractivity contribution in [3.8, 4) is 17.4 Å². The lowest BCUT2D eigenvalue weighted by molar-refractivity contribution is 0.00578. The highest BCUT2D eigenvalue weighted by atomic mass is 16.7. The first-order valence-corrected chi connectivity index (χ1v) is 8.77. The minimum Gasteiger partial charge on any atom is -0.495 e. The largest absolute Gasteiger partial charge is 0.496 e. The first kappa shape index (κ1) is 19.4. The average molecular weight is 372 g/mol. The van der Waals surface area contributed by atoms with Crippen molar-refractivity contribution in [3.63, 3.8) is 0 Å². The van der Waals surface area contributed by atoms with Crippen LogP contribution >= 0.6 is 0 Å². The van der Waals surface area contributed by atoms with Gasteiger partial charge in [-0.15, -0.1) is 0 Å². The highest BCUT2D eigenvalue weighted by Gasteiger charge is 2.52. The molecule has 0 amide bonds. The lowest BCUT2D eigenvalue weighted by Crippen LogP contribution is -2.41. The molecule has 0 atom stereocenters. The van der Waals surface area contributed by atoms with Crippen LogP contribution in [0.25, 0.3) is 0 Å². The molecule has 0 saturated carbocycles. The summed E-state index contributed by atoms with van der Waals surface area (Å²) in [5, 5.41) is 0.